The molecule has 3 nitrogen and oxygen atoms in total. The van der Waals surface area contributed by atoms with Gasteiger partial charge < -0.3 is 0 Å². The highest BCUT2D eigenvalue weighted by Gasteiger charge is 2.32. The van der Waals surface area contributed by atoms with Crippen molar-refractivity contribution in [2.75, 3.05) is 0 Å². The van der Waals surface area contributed by atoms with Crippen LogP contribution in [0.15, 0.2) is 5.10 Å². The second kappa shape index (κ2) is 3.13. The zero-order valence-electron chi connectivity index (χ0n) is 8.21. The number of carbonyl (C=O) groups excluding carboxylic acids is 1. The van der Waals surface area contributed by atoms with Crippen LogP contribution < -0.4 is 5.43 Å². The molecule has 0 aromatic carbocycles. The van der Waals surface area contributed by atoms with Crippen LogP contribution in [0.4, 0.5) is 0 Å². The summed E-state index contributed by atoms with van der Waals surface area (Å²) < 4.78 is 0. The van der Waals surface area contributed by atoms with Gasteiger partial charge in [-0.25, -0.2) is 5.43 Å². The first-order valence-electron chi connectivity index (χ1n) is 5.05. The zero-order valence-corrected chi connectivity index (χ0v) is 8.21. The molecule has 2 rings (SSSR count). The first-order chi connectivity index (χ1) is 6.18. The van der Waals surface area contributed by atoms with Crippen LogP contribution in [0.3, 0.4) is 0 Å². The molecule has 0 spiro atoms. The molecule has 0 aromatic rings. The molecule has 2 fully saturated rings. The molecule has 3 heteroatoms. The average Bonchev–Trinajstić information content (AvgIpc) is 2.93. The van der Waals surface area contributed by atoms with E-state index >= 15 is 0 Å². The lowest BCUT2D eigenvalue weighted by Crippen LogP contribution is -2.35. The number of hydrogen-bond donors (Lipinski definition) is 1. The van der Waals surface area contributed by atoms with Gasteiger partial charge in [-0.15, -0.1) is 0 Å². The van der Waals surface area contributed by atoms with E-state index in [1.54, 1.807) is 0 Å². The molecular weight excluding hydrogens is 164 g/mol. The molecule has 1 N–H and O–H groups in total. The van der Waals surface area contributed by atoms with Crippen molar-refractivity contribution in [1.82, 2.24) is 5.43 Å². The van der Waals surface area contributed by atoms with Gasteiger partial charge >= 0.3 is 0 Å². The predicted molar refractivity (Wildman–Crippen MR) is 51.2 cm³/mol. The summed E-state index contributed by atoms with van der Waals surface area (Å²) in [5, 5.41) is 4.14. The molecule has 13 heavy (non-hydrogen) atoms. The van der Waals surface area contributed by atoms with E-state index in [1.165, 1.54) is 0 Å². The standard InChI is InChI=1S/C10H16N2O/c1-6-5-9(7(6)2)11-12-10(13)8-3-4-8/h6-8H,3-5H2,1-2H3,(H,12,13)/b11-9+. The lowest BCUT2D eigenvalue weighted by Gasteiger charge is -2.32. The normalized spacial score (nSPS) is 35.7. The Balaban J connectivity index is 1.80. The molecule has 2 unspecified atom stereocenters. The van der Waals surface area contributed by atoms with Crippen LogP contribution in [0.5, 0.6) is 0 Å². The van der Waals surface area contributed by atoms with E-state index in [0.717, 1.165) is 30.9 Å². The third-order valence-corrected chi connectivity index (χ3v) is 3.17. The van der Waals surface area contributed by atoms with Crippen LogP contribution in [0.25, 0.3) is 0 Å². The van der Waals surface area contributed by atoms with Crippen molar-refractivity contribution in [3.8, 4) is 0 Å². The molecule has 0 saturated heterocycles. The van der Waals surface area contributed by atoms with Crippen molar-refractivity contribution >= 4 is 11.6 Å². The van der Waals surface area contributed by atoms with Crippen molar-refractivity contribution < 1.29 is 4.79 Å². The van der Waals surface area contributed by atoms with Crippen LogP contribution in [-0.4, -0.2) is 11.6 Å². The Kier molecular flexibility index (Phi) is 2.10. The van der Waals surface area contributed by atoms with E-state index in [2.05, 4.69) is 24.4 Å². The summed E-state index contributed by atoms with van der Waals surface area (Å²) in [6.45, 7) is 4.38. The number of nitrogens with one attached hydrogen (secondary N) is 1. The van der Waals surface area contributed by atoms with E-state index in [4.69, 9.17) is 0 Å². The number of hydrazone groups is 1. The second-order valence-electron chi connectivity index (χ2n) is 4.32. The summed E-state index contributed by atoms with van der Waals surface area (Å²) in [7, 11) is 0. The minimum atomic E-state index is 0.110. The average molecular weight is 180 g/mol. The molecule has 2 aliphatic carbocycles. The van der Waals surface area contributed by atoms with Gasteiger partial charge in [0.05, 0.1) is 0 Å². The molecule has 0 radical (unpaired) electrons. The Morgan fingerprint density at radius 1 is 1.46 bits per heavy atom. The Labute approximate surface area is 78.6 Å². The zero-order chi connectivity index (χ0) is 9.42. The quantitative estimate of drug-likeness (QED) is 0.643. The van der Waals surface area contributed by atoms with Gasteiger partial charge in [0.2, 0.25) is 5.91 Å². The van der Waals surface area contributed by atoms with E-state index in [-0.39, 0.29) is 11.8 Å². The monoisotopic (exact) mass is 180 g/mol. The SMILES string of the molecule is CC1C/C(=N\NC(=O)C2CC2)C1C. The summed E-state index contributed by atoms with van der Waals surface area (Å²) in [5.41, 5.74) is 3.80. The van der Waals surface area contributed by atoms with Gasteiger partial charge in [-0.3, -0.25) is 4.79 Å². The predicted octanol–water partition coefficient (Wildman–Crippen LogP) is 1.54. The highest BCUT2D eigenvalue weighted by Crippen LogP contribution is 2.31. The second-order valence-corrected chi connectivity index (χ2v) is 4.32. The van der Waals surface area contributed by atoms with Crippen molar-refractivity contribution in [1.29, 1.82) is 0 Å². The van der Waals surface area contributed by atoms with Gasteiger partial charge in [0.1, 0.15) is 0 Å². The summed E-state index contributed by atoms with van der Waals surface area (Å²) >= 11 is 0. The van der Waals surface area contributed by atoms with E-state index in [1.807, 2.05) is 0 Å². The Hall–Kier alpha value is -0.860. The summed E-state index contributed by atoms with van der Waals surface area (Å²) in [5.74, 6) is 1.66. The van der Waals surface area contributed by atoms with Crippen LogP contribution >= 0.6 is 0 Å². The fourth-order valence-corrected chi connectivity index (χ4v) is 1.57. The smallest absolute Gasteiger partial charge is 0.243 e. The molecule has 0 bridgehead atoms. The minimum absolute atomic E-state index is 0.110. The van der Waals surface area contributed by atoms with Crippen LogP contribution in [0, 0.1) is 17.8 Å². The van der Waals surface area contributed by atoms with Gasteiger partial charge in [0.25, 0.3) is 0 Å². The fourth-order valence-electron chi connectivity index (χ4n) is 1.57. The van der Waals surface area contributed by atoms with Gasteiger partial charge in [0.15, 0.2) is 0 Å². The van der Waals surface area contributed by atoms with E-state index < -0.39 is 0 Å². The van der Waals surface area contributed by atoms with Crippen molar-refractivity contribution in [2.45, 2.75) is 33.1 Å². The van der Waals surface area contributed by atoms with Crippen LogP contribution in [0.1, 0.15) is 33.1 Å². The van der Waals surface area contributed by atoms with Gasteiger partial charge in [-0.05, 0) is 31.1 Å². The Morgan fingerprint density at radius 2 is 2.15 bits per heavy atom. The van der Waals surface area contributed by atoms with Crippen molar-refractivity contribution in [2.24, 2.45) is 22.9 Å². The highest BCUT2D eigenvalue weighted by molar-refractivity contribution is 5.93. The molecule has 2 saturated carbocycles. The molecule has 0 aliphatic heterocycles. The topological polar surface area (TPSA) is 41.5 Å². The lowest BCUT2D eigenvalue weighted by atomic mass is 9.74. The van der Waals surface area contributed by atoms with Gasteiger partial charge in [0, 0.05) is 11.6 Å². The third kappa shape index (κ3) is 1.74. The summed E-state index contributed by atoms with van der Waals surface area (Å²) in [4.78, 5) is 11.2. The Morgan fingerprint density at radius 3 is 2.62 bits per heavy atom. The van der Waals surface area contributed by atoms with Crippen LogP contribution in [-0.2, 0) is 4.79 Å². The maximum absolute atomic E-state index is 11.2. The van der Waals surface area contributed by atoms with E-state index in [0.29, 0.717) is 5.92 Å². The summed E-state index contributed by atoms with van der Waals surface area (Å²) in [6, 6.07) is 0. The number of amides is 1. The maximum Gasteiger partial charge on any atom is 0.243 e. The minimum Gasteiger partial charge on any atom is -0.273 e. The molecule has 0 heterocycles. The third-order valence-electron chi connectivity index (χ3n) is 3.17. The van der Waals surface area contributed by atoms with Gasteiger partial charge in [-0.1, -0.05) is 13.8 Å². The number of nitrogens with zero attached hydrogens (tertiary/aromatic N) is 1. The molecule has 2 atom stereocenters. The first kappa shape index (κ1) is 8.73. The number of carbonyl (C=O) groups is 1. The number of rotatable bonds is 2. The number of hydrogen-bond acceptors (Lipinski definition) is 2. The van der Waals surface area contributed by atoms with E-state index in [9.17, 15) is 4.79 Å². The largest absolute Gasteiger partial charge is 0.273 e. The molecule has 72 valence electrons. The molecule has 0 aromatic heterocycles. The van der Waals surface area contributed by atoms with Crippen LogP contribution in [0.2, 0.25) is 0 Å². The first-order valence-corrected chi connectivity index (χ1v) is 5.05. The summed E-state index contributed by atoms with van der Waals surface area (Å²) in [6.07, 6.45) is 3.14. The fraction of sp³-hybridized carbons (Fsp3) is 0.800. The van der Waals surface area contributed by atoms with Gasteiger partial charge in [-0.2, -0.15) is 5.10 Å². The molecular formula is C10H16N2O. The van der Waals surface area contributed by atoms with Crippen molar-refractivity contribution in [3.05, 3.63) is 0 Å². The molecule has 1 amide bonds. The lowest BCUT2D eigenvalue weighted by molar-refractivity contribution is -0.122. The Bertz CT molecular complexity index is 256. The maximum atomic E-state index is 11.2. The highest BCUT2D eigenvalue weighted by atomic mass is 16.2. The molecule has 2 aliphatic rings. The van der Waals surface area contributed by atoms with Crippen molar-refractivity contribution in [3.63, 3.8) is 0 Å².